The molecule has 20 heavy (non-hydrogen) atoms. The molecule has 1 heterocycles. The number of hydrogen-bond acceptors (Lipinski definition) is 2. The molecule has 0 unspecified atom stereocenters. The molecule has 2 aliphatic rings. The molecule has 2 heteroatoms. The molecular weight excluding hydrogens is 262 g/mol. The van der Waals surface area contributed by atoms with Crippen LogP contribution in [-0.2, 0) is 0 Å². The van der Waals surface area contributed by atoms with E-state index in [4.69, 9.17) is 0 Å². The zero-order valence-corrected chi connectivity index (χ0v) is 13.2. The van der Waals surface area contributed by atoms with Gasteiger partial charge in [-0.2, -0.15) is 0 Å². The van der Waals surface area contributed by atoms with E-state index in [9.17, 15) is 0 Å². The van der Waals surface area contributed by atoms with E-state index in [0.29, 0.717) is 0 Å². The summed E-state index contributed by atoms with van der Waals surface area (Å²) in [6, 6.07) is 9.50. The average Bonchev–Trinajstić information content (AvgIpc) is 3.12. The monoisotopic (exact) mass is 285 g/mol. The zero-order chi connectivity index (χ0) is 13.7. The van der Waals surface area contributed by atoms with Crippen molar-refractivity contribution in [3.05, 3.63) is 35.2 Å². The molecule has 2 bridgehead atoms. The molecule has 0 saturated heterocycles. The van der Waals surface area contributed by atoms with E-state index in [-0.39, 0.29) is 0 Å². The second kappa shape index (κ2) is 4.85. The van der Waals surface area contributed by atoms with Crippen LogP contribution in [0, 0.1) is 17.8 Å². The fourth-order valence-corrected chi connectivity index (χ4v) is 5.58. The van der Waals surface area contributed by atoms with Gasteiger partial charge in [-0.3, -0.25) is 0 Å². The van der Waals surface area contributed by atoms with Gasteiger partial charge in [-0.1, -0.05) is 12.1 Å². The first kappa shape index (κ1) is 12.8. The summed E-state index contributed by atoms with van der Waals surface area (Å²) in [7, 11) is 4.45. The summed E-state index contributed by atoms with van der Waals surface area (Å²) in [6.45, 7) is 1.26. The second-order valence-corrected chi connectivity index (χ2v) is 7.95. The normalized spacial score (nSPS) is 32.5. The van der Waals surface area contributed by atoms with Crippen molar-refractivity contribution in [2.45, 2.75) is 25.2 Å². The Hall–Kier alpha value is -0.860. The van der Waals surface area contributed by atoms with Crippen molar-refractivity contribution in [3.8, 4) is 0 Å². The van der Waals surface area contributed by atoms with E-state index >= 15 is 0 Å². The first-order valence-electron chi connectivity index (χ1n) is 7.84. The van der Waals surface area contributed by atoms with E-state index in [1.807, 2.05) is 11.3 Å². The first-order chi connectivity index (χ1) is 9.72. The van der Waals surface area contributed by atoms with Crippen molar-refractivity contribution in [3.63, 3.8) is 0 Å². The summed E-state index contributed by atoms with van der Waals surface area (Å²) in [5.74, 6) is 3.60. The van der Waals surface area contributed by atoms with Gasteiger partial charge in [0.15, 0.2) is 0 Å². The van der Waals surface area contributed by atoms with Gasteiger partial charge < -0.3 is 4.90 Å². The van der Waals surface area contributed by atoms with Gasteiger partial charge in [0.2, 0.25) is 0 Å². The summed E-state index contributed by atoms with van der Waals surface area (Å²) < 4.78 is 1.43. The molecule has 0 N–H and O–H groups in total. The minimum Gasteiger partial charge on any atom is -0.309 e. The van der Waals surface area contributed by atoms with Crippen molar-refractivity contribution < 1.29 is 0 Å². The van der Waals surface area contributed by atoms with Gasteiger partial charge in [0.25, 0.3) is 0 Å². The molecule has 0 spiro atoms. The molecule has 1 aromatic heterocycles. The highest BCUT2D eigenvalue weighted by Crippen LogP contribution is 2.56. The van der Waals surface area contributed by atoms with Gasteiger partial charge in [-0.15, -0.1) is 11.3 Å². The van der Waals surface area contributed by atoms with Gasteiger partial charge in [-0.25, -0.2) is 0 Å². The van der Waals surface area contributed by atoms with Crippen LogP contribution in [0.25, 0.3) is 10.1 Å². The van der Waals surface area contributed by atoms with E-state index in [1.165, 1.54) is 35.9 Å². The molecule has 4 rings (SSSR count). The van der Waals surface area contributed by atoms with Crippen LogP contribution in [0.2, 0.25) is 0 Å². The van der Waals surface area contributed by atoms with Crippen LogP contribution in [0.15, 0.2) is 29.6 Å². The van der Waals surface area contributed by atoms with Gasteiger partial charge in [-0.05, 0) is 85.5 Å². The number of fused-ring (bicyclic) bond motifs is 3. The highest BCUT2D eigenvalue weighted by molar-refractivity contribution is 7.17. The molecule has 4 atom stereocenters. The smallest absolute Gasteiger partial charge is 0.0342 e. The third-order valence-electron chi connectivity index (χ3n) is 5.53. The molecule has 2 fully saturated rings. The Morgan fingerprint density at radius 1 is 1.15 bits per heavy atom. The summed E-state index contributed by atoms with van der Waals surface area (Å²) >= 11 is 1.86. The van der Waals surface area contributed by atoms with Crippen LogP contribution in [0.3, 0.4) is 0 Å². The predicted molar refractivity (Wildman–Crippen MR) is 87.4 cm³/mol. The first-order valence-corrected chi connectivity index (χ1v) is 8.72. The number of nitrogens with zero attached hydrogens (tertiary/aromatic N) is 1. The standard InChI is InChI=1S/C18H23NS/c1-19(2)11-16-12-3-4-14(9-12)18(16)15-5-6-17-13(10-15)7-8-20-17/h5-8,10,12,14,16,18H,3-4,9,11H2,1-2H3/t12-,14+,16-,18-/m0/s1. The van der Waals surface area contributed by atoms with Crippen LogP contribution < -0.4 is 0 Å². The lowest BCUT2D eigenvalue weighted by Crippen LogP contribution is -2.30. The van der Waals surface area contributed by atoms with Crippen molar-refractivity contribution in [2.75, 3.05) is 20.6 Å². The Morgan fingerprint density at radius 2 is 2.00 bits per heavy atom. The Balaban J connectivity index is 1.70. The molecule has 0 amide bonds. The van der Waals surface area contributed by atoms with Crippen LogP contribution in [0.1, 0.15) is 30.7 Å². The van der Waals surface area contributed by atoms with Crippen LogP contribution >= 0.6 is 11.3 Å². The van der Waals surface area contributed by atoms with Crippen LogP contribution in [-0.4, -0.2) is 25.5 Å². The van der Waals surface area contributed by atoms with Crippen molar-refractivity contribution >= 4 is 21.4 Å². The lowest BCUT2D eigenvalue weighted by atomic mass is 9.75. The minimum atomic E-state index is 0.806. The fraction of sp³-hybridized carbons (Fsp3) is 0.556. The summed E-state index contributed by atoms with van der Waals surface area (Å²) in [6.07, 6.45) is 4.41. The highest BCUT2D eigenvalue weighted by atomic mass is 32.1. The molecule has 1 nitrogen and oxygen atoms in total. The van der Waals surface area contributed by atoms with E-state index < -0.39 is 0 Å². The molecule has 2 saturated carbocycles. The Labute approximate surface area is 125 Å². The third-order valence-corrected chi connectivity index (χ3v) is 6.42. The van der Waals surface area contributed by atoms with Gasteiger partial charge >= 0.3 is 0 Å². The van der Waals surface area contributed by atoms with E-state index in [2.05, 4.69) is 48.6 Å². The summed E-state index contributed by atoms with van der Waals surface area (Å²) in [5.41, 5.74) is 1.61. The largest absolute Gasteiger partial charge is 0.309 e. The minimum absolute atomic E-state index is 0.806. The Bertz CT molecular complexity index is 615. The van der Waals surface area contributed by atoms with E-state index in [1.54, 1.807) is 5.56 Å². The van der Waals surface area contributed by atoms with Crippen molar-refractivity contribution in [2.24, 2.45) is 17.8 Å². The molecule has 0 radical (unpaired) electrons. The lowest BCUT2D eigenvalue weighted by Gasteiger charge is -2.33. The SMILES string of the molecule is CN(C)C[C@H]1[C@H]2CC[C@H](C2)[C@H]1c1ccc2sccc2c1. The number of rotatable bonds is 3. The predicted octanol–water partition coefficient (Wildman–Crippen LogP) is 4.59. The lowest BCUT2D eigenvalue weighted by molar-refractivity contribution is 0.219. The topological polar surface area (TPSA) is 3.24 Å². The summed E-state index contributed by atoms with van der Waals surface area (Å²) in [4.78, 5) is 2.39. The van der Waals surface area contributed by atoms with Gasteiger partial charge in [0.1, 0.15) is 0 Å². The van der Waals surface area contributed by atoms with Crippen LogP contribution in [0.5, 0.6) is 0 Å². The maximum atomic E-state index is 2.47. The number of benzene rings is 1. The Kier molecular flexibility index (Phi) is 3.12. The van der Waals surface area contributed by atoms with Gasteiger partial charge in [0, 0.05) is 11.2 Å². The van der Waals surface area contributed by atoms with E-state index in [0.717, 1.165) is 23.7 Å². The van der Waals surface area contributed by atoms with Crippen LogP contribution in [0.4, 0.5) is 0 Å². The molecular formula is C18H23NS. The third kappa shape index (κ3) is 2.01. The molecule has 2 aromatic rings. The number of thiophene rings is 1. The quantitative estimate of drug-likeness (QED) is 0.797. The number of hydrogen-bond donors (Lipinski definition) is 0. The molecule has 106 valence electrons. The average molecular weight is 285 g/mol. The summed E-state index contributed by atoms with van der Waals surface area (Å²) in [5, 5.41) is 3.66. The maximum Gasteiger partial charge on any atom is 0.0342 e. The van der Waals surface area contributed by atoms with Crippen molar-refractivity contribution in [1.29, 1.82) is 0 Å². The highest BCUT2D eigenvalue weighted by Gasteiger charge is 2.47. The van der Waals surface area contributed by atoms with Crippen molar-refractivity contribution in [1.82, 2.24) is 4.90 Å². The Morgan fingerprint density at radius 3 is 2.85 bits per heavy atom. The fourth-order valence-electron chi connectivity index (χ4n) is 4.81. The molecule has 0 aliphatic heterocycles. The molecule has 2 aliphatic carbocycles. The van der Waals surface area contributed by atoms with Gasteiger partial charge in [0.05, 0.1) is 0 Å². The maximum absolute atomic E-state index is 2.47. The molecule has 1 aromatic carbocycles. The zero-order valence-electron chi connectivity index (χ0n) is 12.4. The second-order valence-electron chi connectivity index (χ2n) is 7.00.